The monoisotopic (exact) mass is 432 g/mol. The van der Waals surface area contributed by atoms with Gasteiger partial charge in [0.1, 0.15) is 0 Å². The molecule has 0 aliphatic rings. The molecule has 6 nitrogen and oxygen atoms in total. The van der Waals surface area contributed by atoms with Crippen LogP contribution in [0, 0.1) is 11.8 Å². The molecule has 182 valence electrons. The fourth-order valence-electron chi connectivity index (χ4n) is 3.61. The van der Waals surface area contributed by atoms with E-state index in [1.165, 1.54) is 25.7 Å². The highest BCUT2D eigenvalue weighted by molar-refractivity contribution is 4.85. The van der Waals surface area contributed by atoms with Crippen LogP contribution in [0.1, 0.15) is 105 Å². The van der Waals surface area contributed by atoms with Gasteiger partial charge in [-0.25, -0.2) is 0 Å². The number of ether oxygens (including phenoxy) is 2. The summed E-state index contributed by atoms with van der Waals surface area (Å²) in [5.74, 6) is 0.988. The van der Waals surface area contributed by atoms with Gasteiger partial charge < -0.3 is 31.2 Å². The van der Waals surface area contributed by atoms with Crippen molar-refractivity contribution in [3.05, 3.63) is 0 Å². The van der Waals surface area contributed by atoms with Crippen molar-refractivity contribution in [1.29, 1.82) is 0 Å². The smallest absolute Gasteiger partial charge is 0.154 e. The van der Waals surface area contributed by atoms with Gasteiger partial charge in [-0.05, 0) is 50.4 Å². The van der Waals surface area contributed by atoms with Crippen LogP contribution in [0.3, 0.4) is 0 Å². The van der Waals surface area contributed by atoms with E-state index in [2.05, 4.69) is 27.7 Å². The lowest BCUT2D eigenvalue weighted by Gasteiger charge is -2.30. The molecule has 4 atom stereocenters. The van der Waals surface area contributed by atoms with Gasteiger partial charge in [0.05, 0.1) is 13.2 Å². The van der Waals surface area contributed by atoms with Crippen molar-refractivity contribution in [3.63, 3.8) is 0 Å². The molecule has 0 spiro atoms. The second kappa shape index (κ2) is 18.3. The zero-order valence-electron chi connectivity index (χ0n) is 20.3. The highest BCUT2D eigenvalue weighted by atomic mass is 16.6. The van der Waals surface area contributed by atoms with E-state index in [0.29, 0.717) is 57.3 Å². The van der Waals surface area contributed by atoms with Crippen molar-refractivity contribution in [2.24, 2.45) is 23.3 Å². The SMILES string of the molecule is CCCCC(CC)COC(O)CCC(N)(CN)CCC(O)OCC(CC)CCCC. The molecule has 0 saturated carbocycles. The summed E-state index contributed by atoms with van der Waals surface area (Å²) in [4.78, 5) is 0. The van der Waals surface area contributed by atoms with E-state index in [0.717, 1.165) is 25.7 Å². The van der Waals surface area contributed by atoms with E-state index in [9.17, 15) is 10.2 Å². The molecule has 0 aromatic carbocycles. The number of nitrogens with two attached hydrogens (primary N) is 2. The summed E-state index contributed by atoms with van der Waals surface area (Å²) in [5.41, 5.74) is 11.7. The summed E-state index contributed by atoms with van der Waals surface area (Å²) in [7, 11) is 0. The Morgan fingerprint density at radius 3 is 1.43 bits per heavy atom. The van der Waals surface area contributed by atoms with Crippen molar-refractivity contribution in [2.45, 2.75) is 123 Å². The van der Waals surface area contributed by atoms with Crippen LogP contribution in [0.15, 0.2) is 0 Å². The molecule has 0 amide bonds. The third kappa shape index (κ3) is 14.7. The Bertz CT molecular complexity index is 354. The van der Waals surface area contributed by atoms with Crippen molar-refractivity contribution in [3.8, 4) is 0 Å². The number of aliphatic hydroxyl groups excluding tert-OH is 2. The number of rotatable bonds is 21. The van der Waals surface area contributed by atoms with Crippen molar-refractivity contribution in [2.75, 3.05) is 19.8 Å². The minimum Gasteiger partial charge on any atom is -0.368 e. The summed E-state index contributed by atoms with van der Waals surface area (Å²) in [6, 6.07) is 0. The average Bonchev–Trinajstić information content (AvgIpc) is 2.76. The Balaban J connectivity index is 4.23. The van der Waals surface area contributed by atoms with Crippen LogP contribution in [-0.4, -0.2) is 48.1 Å². The summed E-state index contributed by atoms with van der Waals surface area (Å²) in [6.07, 6.45) is 9.51. The van der Waals surface area contributed by atoms with Crippen LogP contribution in [0.5, 0.6) is 0 Å². The van der Waals surface area contributed by atoms with Crippen molar-refractivity contribution >= 4 is 0 Å². The lowest BCUT2D eigenvalue weighted by molar-refractivity contribution is -0.122. The Morgan fingerprint density at radius 2 is 1.13 bits per heavy atom. The molecule has 0 rings (SSSR count). The van der Waals surface area contributed by atoms with Gasteiger partial charge in [0.2, 0.25) is 0 Å². The van der Waals surface area contributed by atoms with Gasteiger partial charge >= 0.3 is 0 Å². The Labute approximate surface area is 186 Å². The molecule has 0 aliphatic heterocycles. The number of hydrogen-bond acceptors (Lipinski definition) is 6. The maximum Gasteiger partial charge on any atom is 0.154 e. The molecule has 0 aromatic rings. The van der Waals surface area contributed by atoms with Gasteiger partial charge in [0, 0.05) is 12.1 Å². The topological polar surface area (TPSA) is 111 Å². The molecule has 6 N–H and O–H groups in total. The predicted octanol–water partition coefficient (Wildman–Crippen LogP) is 4.31. The quantitative estimate of drug-likeness (QED) is 0.201. The zero-order valence-corrected chi connectivity index (χ0v) is 20.3. The molecule has 0 radical (unpaired) electrons. The molecule has 0 saturated heterocycles. The van der Waals surface area contributed by atoms with Gasteiger partial charge in [-0.3, -0.25) is 0 Å². The van der Waals surface area contributed by atoms with Gasteiger partial charge in [-0.15, -0.1) is 0 Å². The molecule has 6 heteroatoms. The maximum atomic E-state index is 10.2. The normalized spacial score (nSPS) is 18.0. The van der Waals surface area contributed by atoms with Crippen molar-refractivity contribution < 1.29 is 19.7 Å². The third-order valence-electron chi connectivity index (χ3n) is 6.32. The van der Waals surface area contributed by atoms with Crippen LogP contribution in [0.4, 0.5) is 0 Å². The highest BCUT2D eigenvalue weighted by Crippen LogP contribution is 2.21. The van der Waals surface area contributed by atoms with E-state index >= 15 is 0 Å². The standard InChI is InChI=1S/C24H52N2O4/c1-5-9-11-20(7-3)17-29-22(27)13-15-24(26,19-25)16-14-23(28)30-18-21(8-4)12-10-6-2/h20-23,27-28H,5-19,25-26H2,1-4H3. The molecule has 0 fully saturated rings. The minimum absolute atomic E-state index is 0.300. The summed E-state index contributed by atoms with van der Waals surface area (Å²) in [6.45, 7) is 10.2. The first kappa shape index (κ1) is 29.8. The number of unbranched alkanes of at least 4 members (excludes halogenated alkanes) is 2. The fraction of sp³-hybridized carbons (Fsp3) is 1.00. The van der Waals surface area contributed by atoms with E-state index in [4.69, 9.17) is 20.9 Å². The number of hydrogen-bond donors (Lipinski definition) is 4. The predicted molar refractivity (Wildman–Crippen MR) is 125 cm³/mol. The minimum atomic E-state index is -0.819. The highest BCUT2D eigenvalue weighted by Gasteiger charge is 2.26. The van der Waals surface area contributed by atoms with E-state index in [1.807, 2.05) is 0 Å². The molecule has 0 heterocycles. The fourth-order valence-corrected chi connectivity index (χ4v) is 3.61. The van der Waals surface area contributed by atoms with E-state index < -0.39 is 18.1 Å². The number of aliphatic hydroxyl groups is 2. The van der Waals surface area contributed by atoms with Crippen LogP contribution >= 0.6 is 0 Å². The first-order valence-electron chi connectivity index (χ1n) is 12.4. The van der Waals surface area contributed by atoms with Crippen LogP contribution < -0.4 is 11.5 Å². The molecular formula is C24H52N2O4. The second-order valence-electron chi connectivity index (χ2n) is 9.05. The molecule has 4 unspecified atom stereocenters. The zero-order chi connectivity index (χ0) is 22.8. The van der Waals surface area contributed by atoms with E-state index in [1.54, 1.807) is 0 Å². The third-order valence-corrected chi connectivity index (χ3v) is 6.32. The summed E-state index contributed by atoms with van der Waals surface area (Å²) < 4.78 is 11.3. The van der Waals surface area contributed by atoms with Gasteiger partial charge in [-0.2, -0.15) is 0 Å². The Kier molecular flexibility index (Phi) is 18.2. The molecule has 0 aliphatic carbocycles. The first-order valence-corrected chi connectivity index (χ1v) is 12.4. The molecule has 0 aromatic heterocycles. The lowest BCUT2D eigenvalue weighted by Crippen LogP contribution is -2.48. The Hall–Kier alpha value is -0.240. The van der Waals surface area contributed by atoms with Crippen molar-refractivity contribution in [1.82, 2.24) is 0 Å². The van der Waals surface area contributed by atoms with Gasteiger partial charge in [0.15, 0.2) is 12.6 Å². The lowest BCUT2D eigenvalue weighted by atomic mass is 9.89. The Morgan fingerprint density at radius 1 is 0.733 bits per heavy atom. The summed E-state index contributed by atoms with van der Waals surface area (Å²) >= 11 is 0. The van der Waals surface area contributed by atoms with Crippen LogP contribution in [0.25, 0.3) is 0 Å². The maximum absolute atomic E-state index is 10.2. The van der Waals surface area contributed by atoms with Crippen LogP contribution in [-0.2, 0) is 9.47 Å². The average molecular weight is 433 g/mol. The molecule has 30 heavy (non-hydrogen) atoms. The van der Waals surface area contributed by atoms with Gasteiger partial charge in [-0.1, -0.05) is 66.2 Å². The molecule has 0 bridgehead atoms. The second-order valence-corrected chi connectivity index (χ2v) is 9.05. The van der Waals surface area contributed by atoms with E-state index in [-0.39, 0.29) is 0 Å². The van der Waals surface area contributed by atoms with Crippen LogP contribution in [0.2, 0.25) is 0 Å². The summed E-state index contributed by atoms with van der Waals surface area (Å²) in [5, 5.41) is 20.4. The largest absolute Gasteiger partial charge is 0.368 e. The van der Waals surface area contributed by atoms with Gasteiger partial charge in [0.25, 0.3) is 0 Å². The molecular weight excluding hydrogens is 380 g/mol. The first-order chi connectivity index (χ1) is 14.3.